The lowest BCUT2D eigenvalue weighted by atomic mass is 10.1. The van der Waals surface area contributed by atoms with E-state index in [9.17, 15) is 9.18 Å². The number of hydrogen-bond acceptors (Lipinski definition) is 3. The molecule has 0 N–H and O–H groups in total. The number of aromatic nitrogens is 2. The van der Waals surface area contributed by atoms with Gasteiger partial charge in [0.25, 0.3) is 0 Å². The highest BCUT2D eigenvalue weighted by Crippen LogP contribution is 2.21. The van der Waals surface area contributed by atoms with E-state index in [0.29, 0.717) is 4.47 Å². The van der Waals surface area contributed by atoms with Crippen LogP contribution in [0, 0.1) is 5.82 Å². The molecule has 1 heterocycles. The summed E-state index contributed by atoms with van der Waals surface area (Å²) in [6, 6.07) is 4.36. The normalized spacial score (nSPS) is 10.1. The Hall–Kier alpha value is -1.62. The fraction of sp³-hybridized carbons (Fsp3) is 0. The van der Waals surface area contributed by atoms with Crippen LogP contribution >= 0.6 is 15.9 Å². The third-order valence-corrected chi connectivity index (χ3v) is 2.65. The van der Waals surface area contributed by atoms with Gasteiger partial charge in [0.2, 0.25) is 5.78 Å². The third-order valence-electron chi connectivity index (χ3n) is 1.99. The van der Waals surface area contributed by atoms with Crippen LogP contribution in [0.4, 0.5) is 4.39 Å². The third kappa shape index (κ3) is 1.99. The van der Waals surface area contributed by atoms with Gasteiger partial charge in [-0.25, -0.2) is 9.37 Å². The van der Waals surface area contributed by atoms with Crippen molar-refractivity contribution in [3.05, 3.63) is 58.3 Å². The molecule has 0 fully saturated rings. The van der Waals surface area contributed by atoms with Gasteiger partial charge in [-0.1, -0.05) is 6.07 Å². The molecular weight excluding hydrogens is 275 g/mol. The number of ketones is 1. The van der Waals surface area contributed by atoms with E-state index in [0.717, 1.165) is 0 Å². The highest BCUT2D eigenvalue weighted by molar-refractivity contribution is 9.10. The lowest BCUT2D eigenvalue weighted by Gasteiger charge is -2.03. The first-order valence-electron chi connectivity index (χ1n) is 4.45. The lowest BCUT2D eigenvalue weighted by molar-refractivity contribution is 0.102. The number of halogens is 2. The SMILES string of the molecule is O=C(c1cnccn1)c1c(F)cccc1Br. The molecule has 1 aromatic heterocycles. The largest absolute Gasteiger partial charge is 0.287 e. The maximum atomic E-state index is 13.5. The summed E-state index contributed by atoms with van der Waals surface area (Å²) in [6.45, 7) is 0. The minimum absolute atomic E-state index is 0.0250. The fourth-order valence-electron chi connectivity index (χ4n) is 1.26. The smallest absolute Gasteiger partial charge is 0.217 e. The molecule has 0 radical (unpaired) electrons. The van der Waals surface area contributed by atoms with Gasteiger partial charge in [-0.3, -0.25) is 9.78 Å². The van der Waals surface area contributed by atoms with E-state index in [2.05, 4.69) is 25.9 Å². The zero-order valence-electron chi connectivity index (χ0n) is 8.02. The molecule has 0 amide bonds. The van der Waals surface area contributed by atoms with Crippen molar-refractivity contribution in [1.82, 2.24) is 9.97 Å². The van der Waals surface area contributed by atoms with Crippen LogP contribution in [-0.4, -0.2) is 15.8 Å². The van der Waals surface area contributed by atoms with Gasteiger partial charge in [0.1, 0.15) is 11.5 Å². The number of carbonyl (C=O) groups excluding carboxylic acids is 1. The van der Waals surface area contributed by atoms with Gasteiger partial charge in [-0.15, -0.1) is 0 Å². The van der Waals surface area contributed by atoms with Crippen LogP contribution in [0.2, 0.25) is 0 Å². The molecule has 0 bridgehead atoms. The molecule has 5 heteroatoms. The van der Waals surface area contributed by atoms with Gasteiger partial charge in [0.05, 0.1) is 11.8 Å². The first-order valence-corrected chi connectivity index (χ1v) is 5.24. The van der Waals surface area contributed by atoms with Crippen molar-refractivity contribution in [2.45, 2.75) is 0 Å². The molecule has 80 valence electrons. The summed E-state index contributed by atoms with van der Waals surface area (Å²) in [6.07, 6.45) is 4.15. The Morgan fingerprint density at radius 2 is 2.12 bits per heavy atom. The molecule has 16 heavy (non-hydrogen) atoms. The van der Waals surface area contributed by atoms with Crippen LogP contribution in [0.15, 0.2) is 41.3 Å². The summed E-state index contributed by atoms with van der Waals surface area (Å²) in [4.78, 5) is 19.5. The molecule has 0 atom stereocenters. The zero-order chi connectivity index (χ0) is 11.5. The zero-order valence-corrected chi connectivity index (χ0v) is 9.61. The van der Waals surface area contributed by atoms with Crippen LogP contribution < -0.4 is 0 Å². The Balaban J connectivity index is 2.50. The van der Waals surface area contributed by atoms with Gasteiger partial charge in [-0.05, 0) is 28.1 Å². The second-order valence-electron chi connectivity index (χ2n) is 3.02. The number of rotatable bonds is 2. The molecule has 2 aromatic rings. The Morgan fingerprint density at radius 3 is 2.75 bits per heavy atom. The number of carbonyl (C=O) groups is 1. The second kappa shape index (κ2) is 4.49. The van der Waals surface area contributed by atoms with E-state index in [1.165, 1.54) is 30.7 Å². The van der Waals surface area contributed by atoms with Crippen molar-refractivity contribution in [3.63, 3.8) is 0 Å². The molecule has 0 saturated heterocycles. The monoisotopic (exact) mass is 280 g/mol. The van der Waals surface area contributed by atoms with Crippen LogP contribution in [0.5, 0.6) is 0 Å². The van der Waals surface area contributed by atoms with Crippen molar-refractivity contribution < 1.29 is 9.18 Å². The van der Waals surface area contributed by atoms with E-state index in [1.54, 1.807) is 6.07 Å². The van der Waals surface area contributed by atoms with E-state index < -0.39 is 11.6 Å². The summed E-state index contributed by atoms with van der Waals surface area (Å²) >= 11 is 3.14. The van der Waals surface area contributed by atoms with Crippen LogP contribution in [-0.2, 0) is 0 Å². The molecule has 3 nitrogen and oxygen atoms in total. The standard InChI is InChI=1S/C11H6BrFN2O/c12-7-2-1-3-8(13)10(7)11(16)9-6-14-4-5-15-9/h1-6H. The van der Waals surface area contributed by atoms with Crippen LogP contribution in [0.1, 0.15) is 16.1 Å². The molecule has 0 aliphatic heterocycles. The topological polar surface area (TPSA) is 42.9 Å². The first-order chi connectivity index (χ1) is 7.70. The molecule has 0 aliphatic rings. The van der Waals surface area contributed by atoms with Gasteiger partial charge in [-0.2, -0.15) is 0 Å². The number of benzene rings is 1. The average Bonchev–Trinajstić information content (AvgIpc) is 2.30. The van der Waals surface area contributed by atoms with E-state index in [1.807, 2.05) is 0 Å². The molecule has 2 rings (SSSR count). The van der Waals surface area contributed by atoms with Gasteiger partial charge < -0.3 is 0 Å². The average molecular weight is 281 g/mol. The molecule has 0 aliphatic carbocycles. The molecule has 0 saturated carbocycles. The van der Waals surface area contributed by atoms with Gasteiger partial charge >= 0.3 is 0 Å². The Morgan fingerprint density at radius 1 is 1.31 bits per heavy atom. The Kier molecular flexibility index (Phi) is 3.05. The number of hydrogen-bond donors (Lipinski definition) is 0. The van der Waals surface area contributed by atoms with Crippen LogP contribution in [0.25, 0.3) is 0 Å². The summed E-state index contributed by atoms with van der Waals surface area (Å²) in [7, 11) is 0. The van der Waals surface area contributed by atoms with Crippen molar-refractivity contribution in [2.24, 2.45) is 0 Å². The van der Waals surface area contributed by atoms with Crippen molar-refractivity contribution >= 4 is 21.7 Å². The molecular formula is C11H6BrFN2O. The van der Waals surface area contributed by atoms with E-state index in [4.69, 9.17) is 0 Å². The fourth-order valence-corrected chi connectivity index (χ4v) is 1.78. The summed E-state index contributed by atoms with van der Waals surface area (Å²) in [5, 5.41) is 0. The maximum Gasteiger partial charge on any atom is 0.217 e. The molecule has 0 unspecified atom stereocenters. The highest BCUT2D eigenvalue weighted by Gasteiger charge is 2.18. The minimum atomic E-state index is -0.579. The molecule has 0 spiro atoms. The van der Waals surface area contributed by atoms with Crippen molar-refractivity contribution in [1.29, 1.82) is 0 Å². The minimum Gasteiger partial charge on any atom is -0.287 e. The summed E-state index contributed by atoms with van der Waals surface area (Å²) in [5.41, 5.74) is 0.0938. The first kappa shape index (κ1) is 10.9. The van der Waals surface area contributed by atoms with E-state index >= 15 is 0 Å². The van der Waals surface area contributed by atoms with Crippen molar-refractivity contribution in [2.75, 3.05) is 0 Å². The van der Waals surface area contributed by atoms with E-state index in [-0.39, 0.29) is 11.3 Å². The molecule has 1 aromatic carbocycles. The van der Waals surface area contributed by atoms with Gasteiger partial charge in [0, 0.05) is 16.9 Å². The second-order valence-corrected chi connectivity index (χ2v) is 3.87. The maximum absolute atomic E-state index is 13.5. The van der Waals surface area contributed by atoms with Crippen LogP contribution in [0.3, 0.4) is 0 Å². The predicted molar refractivity (Wildman–Crippen MR) is 59.6 cm³/mol. The quantitative estimate of drug-likeness (QED) is 0.795. The summed E-state index contributed by atoms with van der Waals surface area (Å²) in [5.74, 6) is -1.07. The Labute approximate surface area is 99.5 Å². The van der Waals surface area contributed by atoms with Gasteiger partial charge in [0.15, 0.2) is 0 Å². The lowest BCUT2D eigenvalue weighted by Crippen LogP contribution is -2.07. The van der Waals surface area contributed by atoms with Crippen molar-refractivity contribution in [3.8, 4) is 0 Å². The predicted octanol–water partition coefficient (Wildman–Crippen LogP) is 2.61. The summed E-state index contributed by atoms with van der Waals surface area (Å²) < 4.78 is 13.9. The Bertz CT molecular complexity index is 511. The number of nitrogens with zero attached hydrogens (tertiary/aromatic N) is 2. The highest BCUT2D eigenvalue weighted by atomic mass is 79.9.